The molecule has 0 atom stereocenters. The Bertz CT molecular complexity index is 475. The van der Waals surface area contributed by atoms with Crippen LogP contribution in [0.15, 0.2) is 29.0 Å². The molecule has 0 radical (unpaired) electrons. The Morgan fingerprint density at radius 1 is 1.31 bits per heavy atom. The fourth-order valence-electron chi connectivity index (χ4n) is 2.03. The predicted octanol–water partition coefficient (Wildman–Crippen LogP) is 1.96. The van der Waals surface area contributed by atoms with Crippen molar-refractivity contribution in [3.8, 4) is 5.88 Å². The summed E-state index contributed by atoms with van der Waals surface area (Å²) in [6.07, 6.45) is 5.74. The predicted molar refractivity (Wildman–Crippen MR) is 60.5 cm³/mol. The van der Waals surface area contributed by atoms with E-state index in [9.17, 15) is 0 Å². The number of hydrogen-bond donors (Lipinski definition) is 1. The molecule has 0 unspecified atom stereocenters. The van der Waals surface area contributed by atoms with Crippen molar-refractivity contribution in [1.82, 2.24) is 10.3 Å². The highest BCUT2D eigenvalue weighted by atomic mass is 16.5. The van der Waals surface area contributed by atoms with Crippen LogP contribution in [0, 0.1) is 0 Å². The molecule has 1 saturated heterocycles. The molecule has 3 rings (SSSR count). The Morgan fingerprint density at radius 3 is 3.06 bits per heavy atom. The molecule has 4 heteroatoms. The van der Waals surface area contributed by atoms with Gasteiger partial charge in [-0.25, -0.2) is 4.98 Å². The van der Waals surface area contributed by atoms with Crippen molar-refractivity contribution in [2.75, 3.05) is 13.1 Å². The summed E-state index contributed by atoms with van der Waals surface area (Å²) in [6.45, 7) is 2.04. The minimum absolute atomic E-state index is 0.272. The van der Waals surface area contributed by atoms with Gasteiger partial charge in [0.1, 0.15) is 11.7 Å². The van der Waals surface area contributed by atoms with Crippen LogP contribution in [0.2, 0.25) is 0 Å². The van der Waals surface area contributed by atoms with Gasteiger partial charge in [0.25, 0.3) is 0 Å². The van der Waals surface area contributed by atoms with Crippen molar-refractivity contribution >= 4 is 11.0 Å². The van der Waals surface area contributed by atoms with E-state index in [1.165, 1.54) is 0 Å². The normalized spacial score (nSPS) is 17.8. The lowest BCUT2D eigenvalue weighted by Gasteiger charge is -2.23. The fraction of sp³-hybridized carbons (Fsp3) is 0.417. The van der Waals surface area contributed by atoms with Crippen LogP contribution in [0.4, 0.5) is 0 Å². The molecule has 0 aromatic carbocycles. The van der Waals surface area contributed by atoms with E-state index < -0.39 is 0 Å². The summed E-state index contributed by atoms with van der Waals surface area (Å²) >= 11 is 0. The van der Waals surface area contributed by atoms with E-state index in [-0.39, 0.29) is 6.10 Å². The Hall–Kier alpha value is -1.55. The lowest BCUT2D eigenvalue weighted by Crippen LogP contribution is -2.34. The minimum Gasteiger partial charge on any atom is -0.474 e. The highest BCUT2D eigenvalue weighted by molar-refractivity contribution is 5.81. The lowest BCUT2D eigenvalue weighted by atomic mass is 10.1. The molecule has 2 aromatic heterocycles. The lowest BCUT2D eigenvalue weighted by molar-refractivity contribution is 0.158. The van der Waals surface area contributed by atoms with Gasteiger partial charge < -0.3 is 14.5 Å². The molecule has 84 valence electrons. The van der Waals surface area contributed by atoms with Crippen molar-refractivity contribution in [2.24, 2.45) is 0 Å². The average molecular weight is 218 g/mol. The monoisotopic (exact) mass is 218 g/mol. The Morgan fingerprint density at radius 2 is 2.19 bits per heavy atom. The van der Waals surface area contributed by atoms with Crippen LogP contribution in [-0.2, 0) is 0 Å². The maximum atomic E-state index is 5.92. The van der Waals surface area contributed by atoms with E-state index >= 15 is 0 Å². The molecular weight excluding hydrogens is 204 g/mol. The van der Waals surface area contributed by atoms with E-state index in [2.05, 4.69) is 10.3 Å². The zero-order chi connectivity index (χ0) is 10.8. The second-order valence-corrected chi connectivity index (χ2v) is 4.02. The number of hydrogen-bond acceptors (Lipinski definition) is 4. The van der Waals surface area contributed by atoms with Crippen LogP contribution in [0.5, 0.6) is 5.88 Å². The zero-order valence-corrected chi connectivity index (χ0v) is 8.98. The molecule has 1 N–H and O–H groups in total. The summed E-state index contributed by atoms with van der Waals surface area (Å²) in [7, 11) is 0. The van der Waals surface area contributed by atoms with Crippen molar-refractivity contribution in [3.05, 3.63) is 24.6 Å². The summed E-state index contributed by atoms with van der Waals surface area (Å²) in [6, 6.07) is 3.75. The Labute approximate surface area is 93.6 Å². The Balaban J connectivity index is 1.85. The number of piperidine rings is 1. The second kappa shape index (κ2) is 4.14. The first kappa shape index (κ1) is 9.66. The summed E-state index contributed by atoms with van der Waals surface area (Å²) in [4.78, 5) is 4.27. The third-order valence-corrected chi connectivity index (χ3v) is 2.91. The van der Waals surface area contributed by atoms with Gasteiger partial charge in [0.2, 0.25) is 5.88 Å². The molecule has 4 nitrogen and oxygen atoms in total. The van der Waals surface area contributed by atoms with Crippen molar-refractivity contribution in [2.45, 2.75) is 18.9 Å². The second-order valence-electron chi connectivity index (χ2n) is 4.02. The van der Waals surface area contributed by atoms with Gasteiger partial charge in [-0.05, 0) is 38.1 Å². The number of rotatable bonds is 2. The van der Waals surface area contributed by atoms with Crippen molar-refractivity contribution in [3.63, 3.8) is 0 Å². The number of furan rings is 1. The molecule has 0 saturated carbocycles. The van der Waals surface area contributed by atoms with Crippen LogP contribution < -0.4 is 10.1 Å². The van der Waals surface area contributed by atoms with Gasteiger partial charge in [-0.1, -0.05) is 0 Å². The number of pyridine rings is 1. The number of aromatic nitrogens is 1. The topological polar surface area (TPSA) is 47.3 Å². The summed E-state index contributed by atoms with van der Waals surface area (Å²) in [5.41, 5.74) is 0.832. The average Bonchev–Trinajstić information content (AvgIpc) is 2.80. The maximum Gasteiger partial charge on any atom is 0.224 e. The molecule has 0 spiro atoms. The third-order valence-electron chi connectivity index (χ3n) is 2.91. The van der Waals surface area contributed by atoms with Gasteiger partial charge in [0, 0.05) is 6.20 Å². The molecule has 3 heterocycles. The van der Waals surface area contributed by atoms with Crippen LogP contribution >= 0.6 is 0 Å². The van der Waals surface area contributed by atoms with Crippen LogP contribution in [0.25, 0.3) is 11.0 Å². The van der Waals surface area contributed by atoms with Crippen molar-refractivity contribution < 1.29 is 9.15 Å². The SMILES string of the molecule is c1cc2occc2c(OC2CCNCC2)n1. The van der Waals surface area contributed by atoms with E-state index in [0.29, 0.717) is 5.88 Å². The molecule has 0 bridgehead atoms. The van der Waals surface area contributed by atoms with E-state index in [1.807, 2.05) is 12.1 Å². The summed E-state index contributed by atoms with van der Waals surface area (Å²) in [5, 5.41) is 4.27. The molecule has 0 amide bonds. The molecule has 1 fully saturated rings. The fourth-order valence-corrected chi connectivity index (χ4v) is 2.03. The number of fused-ring (bicyclic) bond motifs is 1. The first-order valence-electron chi connectivity index (χ1n) is 5.63. The molecule has 1 aliphatic heterocycles. The summed E-state index contributed by atoms with van der Waals surface area (Å²) < 4.78 is 11.2. The first-order valence-corrected chi connectivity index (χ1v) is 5.63. The number of ether oxygens (including phenoxy) is 1. The van der Waals surface area contributed by atoms with Crippen molar-refractivity contribution in [1.29, 1.82) is 0 Å². The van der Waals surface area contributed by atoms with E-state index in [0.717, 1.165) is 36.9 Å². The zero-order valence-electron chi connectivity index (χ0n) is 8.98. The quantitative estimate of drug-likeness (QED) is 0.837. The molecule has 16 heavy (non-hydrogen) atoms. The highest BCUT2D eigenvalue weighted by Crippen LogP contribution is 2.25. The maximum absolute atomic E-state index is 5.92. The van der Waals surface area contributed by atoms with Gasteiger partial charge in [-0.3, -0.25) is 0 Å². The first-order chi connectivity index (χ1) is 7.93. The van der Waals surface area contributed by atoms with E-state index in [4.69, 9.17) is 9.15 Å². The molecule has 0 aliphatic carbocycles. The minimum atomic E-state index is 0.272. The van der Waals surface area contributed by atoms with Crippen LogP contribution in [-0.4, -0.2) is 24.2 Å². The largest absolute Gasteiger partial charge is 0.474 e. The molecule has 2 aromatic rings. The highest BCUT2D eigenvalue weighted by Gasteiger charge is 2.16. The van der Waals surface area contributed by atoms with Crippen LogP contribution in [0.1, 0.15) is 12.8 Å². The third kappa shape index (κ3) is 1.76. The molecule has 1 aliphatic rings. The van der Waals surface area contributed by atoms with E-state index in [1.54, 1.807) is 12.5 Å². The van der Waals surface area contributed by atoms with Gasteiger partial charge in [0.15, 0.2) is 0 Å². The van der Waals surface area contributed by atoms with Gasteiger partial charge in [-0.15, -0.1) is 0 Å². The van der Waals surface area contributed by atoms with Gasteiger partial charge in [-0.2, -0.15) is 0 Å². The molecular formula is C12H14N2O2. The standard InChI is InChI=1S/C12H14N2O2/c1-5-13-6-2-9(1)16-12-10-4-8-15-11(10)3-7-14-12/h3-4,7-9,13H,1-2,5-6H2. The Kier molecular flexibility index (Phi) is 2.50. The smallest absolute Gasteiger partial charge is 0.224 e. The summed E-state index contributed by atoms with van der Waals surface area (Å²) in [5.74, 6) is 0.693. The number of nitrogens with one attached hydrogen (secondary N) is 1. The number of nitrogens with zero attached hydrogens (tertiary/aromatic N) is 1. The van der Waals surface area contributed by atoms with Gasteiger partial charge in [0.05, 0.1) is 11.6 Å². The van der Waals surface area contributed by atoms with Crippen LogP contribution in [0.3, 0.4) is 0 Å². The van der Waals surface area contributed by atoms with Gasteiger partial charge >= 0.3 is 0 Å².